The number of hydrazine groups is 1. The molecule has 4 atom stereocenters. The Bertz CT molecular complexity index is 3580. The molecule has 0 bridgehead atoms. The first-order valence-electron chi connectivity index (χ1n) is 33.2. The highest BCUT2D eigenvalue weighted by Crippen LogP contribution is 2.44. The second-order valence-electron chi connectivity index (χ2n) is 29.5. The van der Waals surface area contributed by atoms with Crippen LogP contribution >= 0.6 is 31.9 Å². The van der Waals surface area contributed by atoms with Crippen molar-refractivity contribution >= 4 is 95.6 Å². The number of hydrogen-bond donors (Lipinski definition) is 6. The van der Waals surface area contributed by atoms with Crippen LogP contribution < -0.4 is 27.2 Å². The van der Waals surface area contributed by atoms with Crippen LogP contribution in [0.1, 0.15) is 166 Å². The minimum absolute atomic E-state index is 0.00709. The molecule has 0 saturated carbocycles. The fraction of sp³-hybridized carbons (Fsp3) is 0.594. The number of Topliss-reactive ketones (excluding diaryl/α,β-unsaturated/α-hetero) is 1. The number of carbonyl (C=O) groups excluding carboxylic acids is 5. The Morgan fingerprint density at radius 3 is 1.21 bits per heavy atom. The molecule has 0 spiro atoms. The summed E-state index contributed by atoms with van der Waals surface area (Å²) in [6.45, 7) is 32.1. The van der Waals surface area contributed by atoms with Crippen LogP contribution in [-0.4, -0.2) is 147 Å². The van der Waals surface area contributed by atoms with Gasteiger partial charge in [0.05, 0.1) is 67.7 Å². The van der Waals surface area contributed by atoms with E-state index in [0.29, 0.717) is 23.3 Å². The van der Waals surface area contributed by atoms with E-state index in [1.807, 2.05) is 30.7 Å². The van der Waals surface area contributed by atoms with Crippen LogP contribution in [0.5, 0.6) is 0 Å². The SMILES string of the molecule is CC(C)(C)OC(=O)Nc1cc(C(F)(F)F)c(Br)nc1C(=O)O.C[C@@H](COCCC[C@@](OCc1ccccc1)(C(=O)CN)C(F)(F)F)O[Si](C)(C)C(C)(C)C.C[C@@H](COCCC[C@@](OCc1ccccc1)(C(=O)NNC(=O)c1nc(Br)c(C(F)(F)F)cc1NC(=O)OC(C)(C)C)C(F)(F)F)O[Si](C)(C)C(C)(C)C. The zero-order chi connectivity index (χ0) is 82.6. The van der Waals surface area contributed by atoms with Gasteiger partial charge in [-0.05, 0) is 172 Å². The number of anilines is 2. The van der Waals surface area contributed by atoms with Gasteiger partial charge >= 0.3 is 42.9 Å². The summed E-state index contributed by atoms with van der Waals surface area (Å²) in [5.41, 5.74) is -4.57. The van der Waals surface area contributed by atoms with Crippen molar-refractivity contribution in [2.24, 2.45) is 5.73 Å². The Morgan fingerprint density at radius 1 is 0.533 bits per heavy atom. The van der Waals surface area contributed by atoms with E-state index in [1.54, 1.807) is 87.1 Å². The number of hydrogen-bond acceptors (Lipinski definition) is 17. The lowest BCUT2D eigenvalue weighted by Gasteiger charge is -2.38. The predicted molar refractivity (Wildman–Crippen MR) is 386 cm³/mol. The highest BCUT2D eigenvalue weighted by Gasteiger charge is 2.62. The summed E-state index contributed by atoms with van der Waals surface area (Å²) in [5, 5.41) is 12.9. The fourth-order valence-electron chi connectivity index (χ4n) is 8.78. The molecule has 2 aromatic heterocycles. The van der Waals surface area contributed by atoms with Crippen LogP contribution in [0.2, 0.25) is 36.3 Å². The average molecular weight is 1710 g/mol. The van der Waals surface area contributed by atoms with Gasteiger partial charge in [0.15, 0.2) is 33.8 Å². The van der Waals surface area contributed by atoms with Crippen molar-refractivity contribution in [3.8, 4) is 0 Å². The summed E-state index contributed by atoms with van der Waals surface area (Å²) in [6, 6.07) is 17.0. The topological polar surface area (TPSA) is 296 Å². The Morgan fingerprint density at radius 2 is 0.879 bits per heavy atom. The number of carbonyl (C=O) groups is 6. The number of carboxylic acids is 1. The molecule has 4 amide bonds. The second-order valence-corrected chi connectivity index (χ2v) is 40.5. The number of ether oxygens (including phenoxy) is 6. The number of halogens is 14. The highest BCUT2D eigenvalue weighted by molar-refractivity contribution is 9.10. The molecule has 0 aliphatic heterocycles. The van der Waals surface area contributed by atoms with Crippen molar-refractivity contribution in [3.05, 3.63) is 116 Å². The molecule has 0 aliphatic rings. The third-order valence-electron chi connectivity index (χ3n) is 16.1. The number of aromatic nitrogens is 2. The molecule has 7 N–H and O–H groups in total. The smallest absolute Gasteiger partial charge is 0.426 e. The van der Waals surface area contributed by atoms with Gasteiger partial charge in [-0.3, -0.25) is 35.9 Å². The number of nitrogens with one attached hydrogen (secondary N) is 4. The van der Waals surface area contributed by atoms with Crippen LogP contribution in [-0.2, 0) is 72.4 Å². The average Bonchev–Trinajstić information content (AvgIpc) is 0.788. The van der Waals surface area contributed by atoms with E-state index in [9.17, 15) is 81.5 Å². The van der Waals surface area contributed by atoms with Crippen molar-refractivity contribution in [2.75, 3.05) is 43.6 Å². The highest BCUT2D eigenvalue weighted by atomic mass is 79.9. The second kappa shape index (κ2) is 39.5. The van der Waals surface area contributed by atoms with Crippen LogP contribution in [0, 0.1) is 0 Å². The van der Waals surface area contributed by atoms with E-state index < -0.39 is 169 Å². The lowest BCUT2D eigenvalue weighted by Crippen LogP contribution is -2.61. The van der Waals surface area contributed by atoms with Gasteiger partial charge in [-0.2, -0.15) is 52.7 Å². The number of aromatic carboxylic acids is 1. The van der Waals surface area contributed by atoms with Crippen molar-refractivity contribution in [3.63, 3.8) is 0 Å². The van der Waals surface area contributed by atoms with Crippen LogP contribution in [0.25, 0.3) is 0 Å². The third kappa shape index (κ3) is 31.1. The summed E-state index contributed by atoms with van der Waals surface area (Å²) < 4.78 is 209. The van der Waals surface area contributed by atoms with Gasteiger partial charge in [0.25, 0.3) is 11.8 Å². The first-order chi connectivity index (χ1) is 48.6. The maximum atomic E-state index is 14.9. The Balaban J connectivity index is 0.000000607. The fourth-order valence-corrected chi connectivity index (χ4v) is 12.7. The molecule has 0 saturated heterocycles. The summed E-state index contributed by atoms with van der Waals surface area (Å²) in [6.07, 6.45) is -24.7. The number of nitrogens with two attached hydrogens (primary N) is 1. The van der Waals surface area contributed by atoms with Gasteiger partial charge in [0.1, 0.15) is 20.4 Å². The number of amides is 4. The van der Waals surface area contributed by atoms with Crippen molar-refractivity contribution < 1.29 is 124 Å². The number of pyridine rings is 2. The summed E-state index contributed by atoms with van der Waals surface area (Å²) in [7, 11) is -4.11. The normalized spacial score (nSPS) is 14.4. The van der Waals surface area contributed by atoms with E-state index in [-0.39, 0.29) is 68.2 Å². The third-order valence-corrected chi connectivity index (χ3v) is 26.5. The molecule has 0 aliphatic carbocycles. The van der Waals surface area contributed by atoms with Gasteiger partial charge in [-0.1, -0.05) is 102 Å². The molecule has 604 valence electrons. The Labute approximate surface area is 633 Å². The van der Waals surface area contributed by atoms with Crippen molar-refractivity contribution in [2.45, 2.75) is 231 Å². The minimum atomic E-state index is -5.34. The van der Waals surface area contributed by atoms with E-state index in [4.69, 9.17) is 48.1 Å². The van der Waals surface area contributed by atoms with Gasteiger partial charge in [0.2, 0.25) is 11.2 Å². The molecule has 2 aromatic carbocycles. The maximum Gasteiger partial charge on any atom is 0.426 e. The first kappa shape index (κ1) is 96.7. The molecule has 4 rings (SSSR count). The molecule has 38 heteroatoms. The molecule has 0 fully saturated rings. The predicted octanol–water partition coefficient (Wildman–Crippen LogP) is 17.8. The van der Waals surface area contributed by atoms with Crippen molar-refractivity contribution in [1.29, 1.82) is 0 Å². The van der Waals surface area contributed by atoms with E-state index in [2.05, 4.69) is 96.5 Å². The molecule has 22 nitrogen and oxygen atoms in total. The Kier molecular flexibility index (Phi) is 35.7. The number of rotatable bonds is 29. The van der Waals surface area contributed by atoms with E-state index >= 15 is 0 Å². The van der Waals surface area contributed by atoms with Crippen LogP contribution in [0.4, 0.5) is 73.6 Å². The summed E-state index contributed by atoms with van der Waals surface area (Å²) in [5.74, 6) is -6.09. The van der Waals surface area contributed by atoms with Crippen molar-refractivity contribution in [1.82, 2.24) is 20.8 Å². The number of benzene rings is 2. The molecule has 0 unspecified atom stereocenters. The largest absolute Gasteiger partial charge is 0.476 e. The summed E-state index contributed by atoms with van der Waals surface area (Å²) in [4.78, 5) is 80.9. The van der Waals surface area contributed by atoms with E-state index in [1.165, 1.54) is 32.9 Å². The maximum absolute atomic E-state index is 14.9. The van der Waals surface area contributed by atoms with Gasteiger partial charge in [-0.25, -0.2) is 24.4 Å². The number of ketones is 1. The zero-order valence-corrected chi connectivity index (χ0v) is 68.0. The lowest BCUT2D eigenvalue weighted by molar-refractivity contribution is -0.274. The lowest BCUT2D eigenvalue weighted by atomic mass is 9.91. The minimum Gasteiger partial charge on any atom is -0.476 e. The molecular formula is C69H97Br2F12N7O15Si2. The van der Waals surface area contributed by atoms with Crippen LogP contribution in [0.3, 0.4) is 0 Å². The molecule has 2 heterocycles. The molecular weight excluding hydrogens is 1610 g/mol. The van der Waals surface area contributed by atoms with E-state index in [0.717, 1.165) is 0 Å². The van der Waals surface area contributed by atoms with Gasteiger partial charge in [-0.15, -0.1) is 0 Å². The van der Waals surface area contributed by atoms with Crippen LogP contribution in [0.15, 0.2) is 82.0 Å². The zero-order valence-electron chi connectivity index (χ0n) is 62.8. The molecule has 107 heavy (non-hydrogen) atoms. The summed E-state index contributed by atoms with van der Waals surface area (Å²) >= 11 is 5.19. The van der Waals surface area contributed by atoms with Gasteiger partial charge < -0.3 is 48.1 Å². The molecule has 4 aromatic rings. The Hall–Kier alpha value is -6.37. The first-order valence-corrected chi connectivity index (χ1v) is 40.6. The number of nitrogens with zero attached hydrogens (tertiary/aromatic N) is 2. The number of carboxylic acid groups (broad SMARTS) is 1. The molecule has 0 radical (unpaired) electrons. The van der Waals surface area contributed by atoms with Gasteiger partial charge in [0, 0.05) is 13.2 Å². The monoisotopic (exact) mass is 1710 g/mol. The standard InChI is InChI=1S/C34H47BrF6N4O7Si.C23H38F3NO4Si.C12H12BrF3N2O4/c1-21(52-53(8,9)31(5,6)7)19-49-17-13-16-32(34(39,40)41,50-20-22-14-11-10-12-15-22)28(47)45-44-27(46)25-24(42-29(48)51-30(2,3)4)18-23(26(35)43-25)33(36,37)38;1-18(31-32(5,6)21(2,3)4)16-29-14-10-13-22(20(28)15-27,23(24,25)26)30-17-19-11-8-7-9-12-19;1-11(2,3)22-10(21)17-6-4-5(12(14,15)16)8(13)18-7(6)9(19)20/h10-12,14-15,18,21H,13,16-17,19-20H2,1-9H3,(H,42,48)(H,44,46)(H,45,47);7-9,11-12,18H,10,13-17,27H2,1-6H3;4H,1-3H3,(H,17,21)(H,19,20)/t21-,32+;18-,22+;/m00./s1. The number of alkyl halides is 12. The quantitative estimate of drug-likeness (QED) is 0.00968.